The molecule has 66 valence electrons. The summed E-state index contributed by atoms with van der Waals surface area (Å²) in [6, 6.07) is 10.5. The van der Waals surface area contributed by atoms with Crippen LogP contribution in [0.25, 0.3) is 10.9 Å². The van der Waals surface area contributed by atoms with Gasteiger partial charge in [-0.15, -0.1) is 0 Å². The van der Waals surface area contributed by atoms with Crippen molar-refractivity contribution in [2.24, 2.45) is 0 Å². The lowest BCUT2D eigenvalue weighted by atomic mass is 10.1. The molecule has 0 aliphatic rings. The maximum Gasteiger partial charge on any atom is 0.0707 e. The molecule has 0 saturated carbocycles. The van der Waals surface area contributed by atoms with Gasteiger partial charge in [-0.2, -0.15) is 0 Å². The number of hydrogen-bond donors (Lipinski definition) is 0. The molecule has 0 N–H and O–H groups in total. The molecule has 0 radical (unpaired) electrons. The molecule has 2 aromatic rings. The van der Waals surface area contributed by atoms with E-state index < -0.39 is 0 Å². The molecule has 0 amide bonds. The third-order valence-corrected chi connectivity index (χ3v) is 2.34. The molecular weight excluding hydrogens is 158 g/mol. The SMILES string of the molecule is CCc1cc(C)c2ccccc2n1. The number of aryl methyl sites for hydroxylation is 2. The number of hydrogen-bond acceptors (Lipinski definition) is 1. The summed E-state index contributed by atoms with van der Waals surface area (Å²) in [7, 11) is 0. The number of nitrogens with zero attached hydrogens (tertiary/aromatic N) is 1. The van der Waals surface area contributed by atoms with Crippen molar-refractivity contribution in [3.05, 3.63) is 41.6 Å². The fourth-order valence-corrected chi connectivity index (χ4v) is 1.60. The summed E-state index contributed by atoms with van der Waals surface area (Å²) in [5.74, 6) is 0. The minimum Gasteiger partial charge on any atom is -0.253 e. The van der Waals surface area contributed by atoms with Crippen molar-refractivity contribution in [3.63, 3.8) is 0 Å². The topological polar surface area (TPSA) is 12.9 Å². The second kappa shape index (κ2) is 3.17. The molecule has 13 heavy (non-hydrogen) atoms. The molecule has 1 nitrogen and oxygen atoms in total. The zero-order valence-electron chi connectivity index (χ0n) is 8.04. The molecule has 0 aliphatic heterocycles. The van der Waals surface area contributed by atoms with Crippen LogP contribution < -0.4 is 0 Å². The van der Waals surface area contributed by atoms with Gasteiger partial charge in [0.2, 0.25) is 0 Å². The second-order valence-electron chi connectivity index (χ2n) is 3.30. The second-order valence-corrected chi connectivity index (χ2v) is 3.30. The third kappa shape index (κ3) is 1.42. The summed E-state index contributed by atoms with van der Waals surface area (Å²) in [6.45, 7) is 4.28. The first-order valence-corrected chi connectivity index (χ1v) is 4.66. The molecular formula is C12H13N. The van der Waals surface area contributed by atoms with Gasteiger partial charge in [-0.25, -0.2) is 0 Å². The fraction of sp³-hybridized carbons (Fsp3) is 0.250. The van der Waals surface area contributed by atoms with Crippen molar-refractivity contribution in [2.45, 2.75) is 20.3 Å². The highest BCUT2D eigenvalue weighted by atomic mass is 14.7. The first-order chi connectivity index (χ1) is 6.31. The molecule has 0 unspecified atom stereocenters. The van der Waals surface area contributed by atoms with Gasteiger partial charge < -0.3 is 0 Å². The average molecular weight is 171 g/mol. The van der Waals surface area contributed by atoms with Crippen LogP contribution in [0, 0.1) is 6.92 Å². The number of pyridine rings is 1. The molecule has 0 fully saturated rings. The molecule has 1 aromatic carbocycles. The lowest BCUT2D eigenvalue weighted by Crippen LogP contribution is -1.90. The summed E-state index contributed by atoms with van der Waals surface area (Å²) >= 11 is 0. The van der Waals surface area contributed by atoms with Crippen LogP contribution >= 0.6 is 0 Å². The van der Waals surface area contributed by atoms with Crippen LogP contribution in [0.5, 0.6) is 0 Å². The first kappa shape index (κ1) is 8.24. The van der Waals surface area contributed by atoms with Crippen LogP contribution in [0.3, 0.4) is 0 Å². The molecule has 1 heteroatoms. The Hall–Kier alpha value is -1.37. The Balaban J connectivity index is 2.77. The van der Waals surface area contributed by atoms with Crippen molar-refractivity contribution in [2.75, 3.05) is 0 Å². The Morgan fingerprint density at radius 1 is 1.23 bits per heavy atom. The summed E-state index contributed by atoms with van der Waals surface area (Å²) in [4.78, 5) is 4.55. The van der Waals surface area contributed by atoms with E-state index in [1.165, 1.54) is 16.6 Å². The van der Waals surface area contributed by atoms with Gasteiger partial charge in [0.05, 0.1) is 5.52 Å². The molecule has 0 aliphatic carbocycles. The van der Waals surface area contributed by atoms with E-state index in [4.69, 9.17) is 0 Å². The van der Waals surface area contributed by atoms with Gasteiger partial charge in [0.15, 0.2) is 0 Å². The van der Waals surface area contributed by atoms with Crippen LogP contribution in [-0.4, -0.2) is 4.98 Å². The molecule has 1 heterocycles. The van der Waals surface area contributed by atoms with Gasteiger partial charge in [-0.05, 0) is 31.0 Å². The van der Waals surface area contributed by atoms with Crippen LogP contribution in [-0.2, 0) is 6.42 Å². The van der Waals surface area contributed by atoms with Crippen molar-refractivity contribution in [1.29, 1.82) is 0 Å². The summed E-state index contributed by atoms with van der Waals surface area (Å²) in [5, 5.41) is 1.26. The molecule has 1 aromatic heterocycles. The average Bonchev–Trinajstić information content (AvgIpc) is 2.18. The summed E-state index contributed by atoms with van der Waals surface area (Å²) < 4.78 is 0. The lowest BCUT2D eigenvalue weighted by molar-refractivity contribution is 1.05. The minimum atomic E-state index is 1.01. The number of rotatable bonds is 1. The number of fused-ring (bicyclic) bond motifs is 1. The van der Waals surface area contributed by atoms with E-state index in [9.17, 15) is 0 Å². The smallest absolute Gasteiger partial charge is 0.0707 e. The van der Waals surface area contributed by atoms with E-state index in [0.29, 0.717) is 0 Å². The lowest BCUT2D eigenvalue weighted by Gasteiger charge is -2.03. The largest absolute Gasteiger partial charge is 0.253 e. The van der Waals surface area contributed by atoms with Gasteiger partial charge in [0.1, 0.15) is 0 Å². The van der Waals surface area contributed by atoms with Crippen molar-refractivity contribution >= 4 is 10.9 Å². The summed E-state index contributed by atoms with van der Waals surface area (Å²) in [6.07, 6.45) is 1.01. The maximum atomic E-state index is 4.55. The van der Waals surface area contributed by atoms with Crippen LogP contribution in [0.4, 0.5) is 0 Å². The Bertz CT molecular complexity index is 432. The van der Waals surface area contributed by atoms with Gasteiger partial charge >= 0.3 is 0 Å². The minimum absolute atomic E-state index is 1.01. The van der Waals surface area contributed by atoms with E-state index in [2.05, 4.69) is 43.1 Å². The first-order valence-electron chi connectivity index (χ1n) is 4.66. The molecule has 0 bridgehead atoms. The zero-order valence-corrected chi connectivity index (χ0v) is 8.04. The Labute approximate surface area is 78.4 Å². The predicted molar refractivity (Wildman–Crippen MR) is 55.9 cm³/mol. The predicted octanol–water partition coefficient (Wildman–Crippen LogP) is 3.11. The van der Waals surface area contributed by atoms with E-state index >= 15 is 0 Å². The van der Waals surface area contributed by atoms with Crippen molar-refractivity contribution in [1.82, 2.24) is 4.98 Å². The van der Waals surface area contributed by atoms with Crippen molar-refractivity contribution in [3.8, 4) is 0 Å². The van der Waals surface area contributed by atoms with E-state index in [1.54, 1.807) is 0 Å². The van der Waals surface area contributed by atoms with Crippen molar-refractivity contribution < 1.29 is 0 Å². The molecule has 0 atom stereocenters. The van der Waals surface area contributed by atoms with E-state index in [-0.39, 0.29) is 0 Å². The Kier molecular flexibility index (Phi) is 2.01. The normalized spacial score (nSPS) is 10.6. The number of aromatic nitrogens is 1. The highest BCUT2D eigenvalue weighted by Gasteiger charge is 1.99. The van der Waals surface area contributed by atoms with Crippen LogP contribution in [0.2, 0.25) is 0 Å². The van der Waals surface area contributed by atoms with Gasteiger partial charge in [-0.1, -0.05) is 25.1 Å². The highest BCUT2D eigenvalue weighted by Crippen LogP contribution is 2.17. The fourth-order valence-electron chi connectivity index (χ4n) is 1.60. The van der Waals surface area contributed by atoms with E-state index in [1.807, 2.05) is 6.07 Å². The maximum absolute atomic E-state index is 4.55. The number of benzene rings is 1. The van der Waals surface area contributed by atoms with Crippen LogP contribution in [0.15, 0.2) is 30.3 Å². The third-order valence-electron chi connectivity index (χ3n) is 2.34. The highest BCUT2D eigenvalue weighted by molar-refractivity contribution is 5.81. The van der Waals surface area contributed by atoms with E-state index in [0.717, 1.165) is 11.9 Å². The molecule has 0 saturated heterocycles. The standard InChI is InChI=1S/C12H13N/c1-3-10-8-9(2)11-6-4-5-7-12(11)13-10/h4-8H,3H2,1-2H3. The Morgan fingerprint density at radius 2 is 2.00 bits per heavy atom. The molecule has 0 spiro atoms. The quantitative estimate of drug-likeness (QED) is 0.642. The molecule has 2 rings (SSSR count). The van der Waals surface area contributed by atoms with Gasteiger partial charge in [-0.3, -0.25) is 4.98 Å². The summed E-state index contributed by atoms with van der Waals surface area (Å²) in [5.41, 5.74) is 3.61. The monoisotopic (exact) mass is 171 g/mol. The number of para-hydroxylation sites is 1. The van der Waals surface area contributed by atoms with Crippen LogP contribution in [0.1, 0.15) is 18.2 Å². The van der Waals surface area contributed by atoms with Gasteiger partial charge in [0, 0.05) is 11.1 Å². The zero-order chi connectivity index (χ0) is 9.26. The Morgan fingerprint density at radius 3 is 2.77 bits per heavy atom. The van der Waals surface area contributed by atoms with Gasteiger partial charge in [0.25, 0.3) is 0 Å².